The molecule has 0 radical (unpaired) electrons. The van der Waals surface area contributed by atoms with Crippen LogP contribution in [0.4, 0.5) is 0 Å². The summed E-state index contributed by atoms with van der Waals surface area (Å²) in [4.78, 5) is 23.1. The van der Waals surface area contributed by atoms with Crippen molar-refractivity contribution in [2.75, 3.05) is 13.7 Å². The number of carbonyl (C=O) groups excluding carboxylic acids is 2. The van der Waals surface area contributed by atoms with Gasteiger partial charge < -0.3 is 9.47 Å². The van der Waals surface area contributed by atoms with Crippen LogP contribution in [0.2, 0.25) is 0 Å². The number of benzene rings is 1. The van der Waals surface area contributed by atoms with Crippen molar-refractivity contribution in [2.45, 2.75) is 26.2 Å². The second-order valence-electron chi connectivity index (χ2n) is 3.90. The van der Waals surface area contributed by atoms with Gasteiger partial charge in [0.1, 0.15) is 12.2 Å². The van der Waals surface area contributed by atoms with Crippen molar-refractivity contribution in [3.05, 3.63) is 29.8 Å². The van der Waals surface area contributed by atoms with E-state index in [4.69, 9.17) is 9.47 Å². The third-order valence-electron chi connectivity index (χ3n) is 2.48. The van der Waals surface area contributed by atoms with E-state index in [1.54, 1.807) is 31.4 Å². The first-order valence-corrected chi connectivity index (χ1v) is 6.00. The molecule has 0 aliphatic rings. The number of methoxy groups -OCH3 is 1. The van der Waals surface area contributed by atoms with Crippen molar-refractivity contribution in [1.29, 1.82) is 0 Å². The zero-order valence-corrected chi connectivity index (χ0v) is 10.8. The zero-order chi connectivity index (χ0) is 13.4. The Balaban J connectivity index is 2.46. The van der Waals surface area contributed by atoms with E-state index in [1.807, 2.05) is 6.92 Å². The molecule has 98 valence electrons. The lowest BCUT2D eigenvalue weighted by Crippen LogP contribution is -2.12. The van der Waals surface area contributed by atoms with Crippen LogP contribution < -0.4 is 4.74 Å². The van der Waals surface area contributed by atoms with Crippen molar-refractivity contribution in [1.82, 2.24) is 0 Å². The summed E-state index contributed by atoms with van der Waals surface area (Å²) in [5.74, 6) is -0.0273. The molecule has 4 nitrogen and oxygen atoms in total. The Morgan fingerprint density at radius 2 is 1.83 bits per heavy atom. The van der Waals surface area contributed by atoms with E-state index >= 15 is 0 Å². The van der Waals surface area contributed by atoms with Gasteiger partial charge in [0.15, 0.2) is 5.78 Å². The maximum Gasteiger partial charge on any atom is 0.313 e. The fourth-order valence-electron chi connectivity index (χ4n) is 1.39. The molecule has 0 aromatic heterocycles. The molecule has 0 atom stereocenters. The molecule has 1 rings (SSSR count). The zero-order valence-electron chi connectivity index (χ0n) is 10.8. The van der Waals surface area contributed by atoms with E-state index in [0.29, 0.717) is 17.9 Å². The highest BCUT2D eigenvalue weighted by Gasteiger charge is 2.12. The Hall–Kier alpha value is -1.84. The topological polar surface area (TPSA) is 52.6 Å². The molecule has 0 heterocycles. The number of ether oxygens (including phenoxy) is 2. The Kier molecular flexibility index (Phi) is 5.91. The number of carbonyl (C=O) groups is 2. The molecule has 0 spiro atoms. The Bertz CT molecular complexity index is 395. The molecule has 0 saturated carbocycles. The number of ketones is 1. The molecule has 18 heavy (non-hydrogen) atoms. The Morgan fingerprint density at radius 1 is 1.17 bits per heavy atom. The summed E-state index contributed by atoms with van der Waals surface area (Å²) in [6, 6.07) is 6.66. The maximum absolute atomic E-state index is 11.7. The van der Waals surface area contributed by atoms with Gasteiger partial charge in [-0.3, -0.25) is 9.59 Å². The van der Waals surface area contributed by atoms with Crippen molar-refractivity contribution in [3.8, 4) is 5.75 Å². The summed E-state index contributed by atoms with van der Waals surface area (Å²) in [6.07, 6.45) is 1.57. The van der Waals surface area contributed by atoms with E-state index in [2.05, 4.69) is 0 Å². The second kappa shape index (κ2) is 7.48. The monoisotopic (exact) mass is 250 g/mol. The van der Waals surface area contributed by atoms with Crippen LogP contribution in [0.1, 0.15) is 36.5 Å². The van der Waals surface area contributed by atoms with Gasteiger partial charge in [0.05, 0.1) is 13.7 Å². The number of esters is 1. The minimum atomic E-state index is -0.468. The van der Waals surface area contributed by atoms with Crippen molar-refractivity contribution in [2.24, 2.45) is 0 Å². The molecule has 0 aliphatic carbocycles. The quantitative estimate of drug-likeness (QED) is 0.323. The van der Waals surface area contributed by atoms with Crippen molar-refractivity contribution >= 4 is 11.8 Å². The highest BCUT2D eigenvalue weighted by Crippen LogP contribution is 2.12. The normalized spacial score (nSPS) is 9.89. The molecule has 0 saturated heterocycles. The lowest BCUT2D eigenvalue weighted by atomic mass is 10.1. The van der Waals surface area contributed by atoms with Gasteiger partial charge in [-0.1, -0.05) is 13.3 Å². The summed E-state index contributed by atoms with van der Waals surface area (Å²) in [5, 5.41) is 0. The lowest BCUT2D eigenvalue weighted by molar-refractivity contribution is -0.142. The minimum absolute atomic E-state index is 0.212. The molecule has 0 fully saturated rings. The first kappa shape index (κ1) is 14.2. The summed E-state index contributed by atoms with van der Waals surface area (Å²) in [7, 11) is 1.56. The molecule has 0 amide bonds. The molecule has 4 heteroatoms. The average Bonchev–Trinajstić information content (AvgIpc) is 2.39. The minimum Gasteiger partial charge on any atom is -0.497 e. The Labute approximate surface area is 107 Å². The smallest absolute Gasteiger partial charge is 0.313 e. The van der Waals surface area contributed by atoms with Crippen LogP contribution in [0.25, 0.3) is 0 Å². The van der Waals surface area contributed by atoms with Gasteiger partial charge in [-0.15, -0.1) is 0 Å². The van der Waals surface area contributed by atoms with Crippen LogP contribution in [0, 0.1) is 0 Å². The largest absolute Gasteiger partial charge is 0.497 e. The lowest BCUT2D eigenvalue weighted by Gasteiger charge is -2.04. The molecule has 0 unspecified atom stereocenters. The molecular weight excluding hydrogens is 232 g/mol. The maximum atomic E-state index is 11.7. The summed E-state index contributed by atoms with van der Waals surface area (Å²) >= 11 is 0. The van der Waals surface area contributed by atoms with E-state index in [1.165, 1.54) is 0 Å². The van der Waals surface area contributed by atoms with E-state index in [-0.39, 0.29) is 12.2 Å². The van der Waals surface area contributed by atoms with Crippen molar-refractivity contribution < 1.29 is 19.1 Å². The second-order valence-corrected chi connectivity index (χ2v) is 3.90. The van der Waals surface area contributed by atoms with E-state index in [0.717, 1.165) is 12.8 Å². The van der Waals surface area contributed by atoms with E-state index in [9.17, 15) is 9.59 Å². The van der Waals surface area contributed by atoms with Gasteiger partial charge in [-0.2, -0.15) is 0 Å². The number of unbranched alkanes of at least 4 members (excludes halogenated alkanes) is 1. The Morgan fingerprint density at radius 3 is 2.39 bits per heavy atom. The van der Waals surface area contributed by atoms with Crippen LogP contribution in [0.15, 0.2) is 24.3 Å². The van der Waals surface area contributed by atoms with Crippen LogP contribution in [0.3, 0.4) is 0 Å². The van der Waals surface area contributed by atoms with Gasteiger partial charge in [-0.25, -0.2) is 0 Å². The molecule has 0 aliphatic heterocycles. The molecular formula is C14H18O4. The highest BCUT2D eigenvalue weighted by molar-refractivity contribution is 6.05. The molecule has 1 aromatic rings. The molecule has 0 bridgehead atoms. The van der Waals surface area contributed by atoms with Crippen LogP contribution in [0.5, 0.6) is 5.75 Å². The van der Waals surface area contributed by atoms with Gasteiger partial charge in [0, 0.05) is 5.56 Å². The molecule has 0 N–H and O–H groups in total. The third kappa shape index (κ3) is 4.57. The van der Waals surface area contributed by atoms with E-state index < -0.39 is 5.97 Å². The fourth-order valence-corrected chi connectivity index (χ4v) is 1.39. The first-order chi connectivity index (χ1) is 8.67. The van der Waals surface area contributed by atoms with Crippen LogP contribution in [-0.2, 0) is 9.53 Å². The predicted molar refractivity (Wildman–Crippen MR) is 67.8 cm³/mol. The number of Topliss-reactive ketones (excluding diaryl/α,β-unsaturated/α-hetero) is 1. The fraction of sp³-hybridized carbons (Fsp3) is 0.429. The van der Waals surface area contributed by atoms with Gasteiger partial charge >= 0.3 is 5.97 Å². The standard InChI is InChI=1S/C14H18O4/c1-3-4-9-18-14(16)10-13(15)11-5-7-12(17-2)8-6-11/h5-8H,3-4,9-10H2,1-2H3. The molecule has 1 aromatic carbocycles. The average molecular weight is 250 g/mol. The predicted octanol–water partition coefficient (Wildman–Crippen LogP) is 2.61. The SMILES string of the molecule is CCCCOC(=O)CC(=O)c1ccc(OC)cc1. The first-order valence-electron chi connectivity index (χ1n) is 6.00. The van der Waals surface area contributed by atoms with Crippen LogP contribution >= 0.6 is 0 Å². The number of rotatable bonds is 7. The highest BCUT2D eigenvalue weighted by atomic mass is 16.5. The van der Waals surface area contributed by atoms with Gasteiger partial charge in [0.25, 0.3) is 0 Å². The number of hydrogen-bond donors (Lipinski definition) is 0. The van der Waals surface area contributed by atoms with Gasteiger partial charge in [-0.05, 0) is 30.7 Å². The number of hydrogen-bond acceptors (Lipinski definition) is 4. The van der Waals surface area contributed by atoms with Crippen molar-refractivity contribution in [3.63, 3.8) is 0 Å². The third-order valence-corrected chi connectivity index (χ3v) is 2.48. The summed E-state index contributed by atoms with van der Waals surface area (Å²) in [5.41, 5.74) is 0.489. The summed E-state index contributed by atoms with van der Waals surface area (Å²) < 4.78 is 9.93. The van der Waals surface area contributed by atoms with Gasteiger partial charge in [0.2, 0.25) is 0 Å². The van der Waals surface area contributed by atoms with Crippen LogP contribution in [-0.4, -0.2) is 25.5 Å². The summed E-state index contributed by atoms with van der Waals surface area (Å²) in [6.45, 7) is 2.39.